The topological polar surface area (TPSA) is 103 Å². The van der Waals surface area contributed by atoms with Gasteiger partial charge in [0, 0.05) is 0 Å². The molecule has 0 bridgehead atoms. The molecule has 7 heteroatoms. The molecule has 0 aliphatic heterocycles. The maximum Gasteiger partial charge on any atom is 0.371 e. The number of furan rings is 1. The summed E-state index contributed by atoms with van der Waals surface area (Å²) in [5, 5.41) is 20.8. The van der Waals surface area contributed by atoms with E-state index in [2.05, 4.69) is 11.4 Å². The van der Waals surface area contributed by atoms with Crippen LogP contribution in [0.2, 0.25) is 0 Å². The Balaban J connectivity index is 2.55. The van der Waals surface area contributed by atoms with Crippen molar-refractivity contribution in [3.63, 3.8) is 0 Å². The number of rotatable bonds is 6. The van der Waals surface area contributed by atoms with Gasteiger partial charge in [0.25, 0.3) is 0 Å². The van der Waals surface area contributed by atoms with E-state index < -0.39 is 11.5 Å². The summed E-state index contributed by atoms with van der Waals surface area (Å²) < 4.78 is 5.02. The van der Waals surface area contributed by atoms with Crippen LogP contribution in [0.3, 0.4) is 0 Å². The Bertz CT molecular complexity index is 547. The van der Waals surface area contributed by atoms with Crippen LogP contribution in [0.5, 0.6) is 0 Å². The van der Waals surface area contributed by atoms with E-state index in [1.54, 1.807) is 6.92 Å². The standard InChI is InChI=1S/C13H16N2O4S/c1-8(2)13(3,7-14)15-10(16)6-20-11-5-4-9(19-11)12(17)18/h4-5,8H,6H2,1-3H3,(H,15,16)(H,17,18). The fraction of sp³-hybridized carbons (Fsp3) is 0.462. The minimum absolute atomic E-state index is 0.0244. The zero-order valence-corrected chi connectivity index (χ0v) is 12.3. The van der Waals surface area contributed by atoms with E-state index in [1.807, 2.05) is 13.8 Å². The summed E-state index contributed by atoms with van der Waals surface area (Å²) >= 11 is 1.08. The van der Waals surface area contributed by atoms with E-state index in [1.165, 1.54) is 12.1 Å². The number of nitrogens with one attached hydrogen (secondary N) is 1. The van der Waals surface area contributed by atoms with Gasteiger partial charge in [0.05, 0.1) is 11.8 Å². The predicted octanol–water partition coefficient (Wildman–Crippen LogP) is 2.12. The molecule has 0 spiro atoms. The second-order valence-electron chi connectivity index (χ2n) is 4.73. The highest BCUT2D eigenvalue weighted by atomic mass is 32.2. The van der Waals surface area contributed by atoms with Crippen LogP contribution in [0, 0.1) is 17.2 Å². The lowest BCUT2D eigenvalue weighted by Crippen LogP contribution is -2.49. The lowest BCUT2D eigenvalue weighted by molar-refractivity contribution is -0.120. The number of amides is 1. The van der Waals surface area contributed by atoms with Gasteiger partial charge in [-0.3, -0.25) is 4.79 Å². The first kappa shape index (κ1) is 16.1. The van der Waals surface area contributed by atoms with E-state index in [4.69, 9.17) is 14.8 Å². The second kappa shape index (κ2) is 6.48. The zero-order chi connectivity index (χ0) is 15.3. The summed E-state index contributed by atoms with van der Waals surface area (Å²) in [5.74, 6) is -1.60. The van der Waals surface area contributed by atoms with E-state index in [0.717, 1.165) is 11.8 Å². The Morgan fingerprint density at radius 1 is 1.55 bits per heavy atom. The van der Waals surface area contributed by atoms with Crippen LogP contribution in [0.25, 0.3) is 0 Å². The van der Waals surface area contributed by atoms with Crippen molar-refractivity contribution < 1.29 is 19.1 Å². The van der Waals surface area contributed by atoms with Crippen molar-refractivity contribution in [1.29, 1.82) is 5.26 Å². The van der Waals surface area contributed by atoms with Gasteiger partial charge in [0.15, 0.2) is 5.09 Å². The number of hydrogen-bond acceptors (Lipinski definition) is 5. The molecule has 2 N–H and O–H groups in total. The molecule has 0 aliphatic carbocycles. The van der Waals surface area contributed by atoms with E-state index in [0.29, 0.717) is 5.09 Å². The van der Waals surface area contributed by atoms with Crippen LogP contribution in [0.4, 0.5) is 0 Å². The Hall–Kier alpha value is -1.94. The molecule has 0 saturated carbocycles. The summed E-state index contributed by atoms with van der Waals surface area (Å²) in [6.07, 6.45) is 0. The highest BCUT2D eigenvalue weighted by Gasteiger charge is 2.29. The van der Waals surface area contributed by atoms with Crippen molar-refractivity contribution in [2.45, 2.75) is 31.4 Å². The average Bonchev–Trinajstić information content (AvgIpc) is 2.85. The number of thioether (sulfide) groups is 1. The minimum atomic E-state index is -1.15. The second-order valence-corrected chi connectivity index (χ2v) is 5.71. The Morgan fingerprint density at radius 3 is 2.65 bits per heavy atom. The minimum Gasteiger partial charge on any atom is -0.475 e. The SMILES string of the molecule is CC(C)C(C)(C#N)NC(=O)CSc1ccc(C(=O)O)o1. The molecule has 108 valence electrons. The Kier molecular flexibility index (Phi) is 5.22. The van der Waals surface area contributed by atoms with Crippen LogP contribution in [-0.4, -0.2) is 28.3 Å². The largest absolute Gasteiger partial charge is 0.475 e. The molecule has 6 nitrogen and oxygen atoms in total. The van der Waals surface area contributed by atoms with Gasteiger partial charge in [-0.25, -0.2) is 4.79 Å². The lowest BCUT2D eigenvalue weighted by Gasteiger charge is -2.27. The molecule has 0 aliphatic rings. The predicted molar refractivity (Wildman–Crippen MR) is 73.4 cm³/mol. The molecule has 1 atom stereocenters. The molecule has 0 radical (unpaired) electrons. The number of hydrogen-bond donors (Lipinski definition) is 2. The molecule has 0 fully saturated rings. The normalized spacial score (nSPS) is 13.6. The van der Waals surface area contributed by atoms with Crippen molar-refractivity contribution in [1.82, 2.24) is 5.32 Å². The van der Waals surface area contributed by atoms with E-state index in [-0.39, 0.29) is 23.3 Å². The number of carbonyl (C=O) groups is 2. The third-order valence-corrected chi connectivity index (χ3v) is 3.83. The quantitative estimate of drug-likeness (QED) is 0.779. The smallest absolute Gasteiger partial charge is 0.371 e. The maximum atomic E-state index is 11.8. The highest BCUT2D eigenvalue weighted by Crippen LogP contribution is 2.21. The summed E-state index contributed by atoms with van der Waals surface area (Å²) in [7, 11) is 0. The molecular formula is C13H16N2O4S. The Labute approximate surface area is 121 Å². The van der Waals surface area contributed by atoms with Gasteiger partial charge in [0.2, 0.25) is 11.7 Å². The molecular weight excluding hydrogens is 280 g/mol. The molecule has 0 saturated heterocycles. The number of nitrogens with zero attached hydrogens (tertiary/aromatic N) is 1. The van der Waals surface area contributed by atoms with Crippen LogP contribution in [0.15, 0.2) is 21.6 Å². The summed E-state index contributed by atoms with van der Waals surface area (Å²) in [4.78, 5) is 22.4. The average molecular weight is 296 g/mol. The van der Waals surface area contributed by atoms with Gasteiger partial charge in [-0.05, 0) is 25.0 Å². The van der Waals surface area contributed by atoms with Crippen LogP contribution < -0.4 is 5.32 Å². The van der Waals surface area contributed by atoms with Crippen molar-refractivity contribution in [3.05, 3.63) is 17.9 Å². The molecule has 1 rings (SSSR count). The summed E-state index contributed by atoms with van der Waals surface area (Å²) in [6.45, 7) is 5.36. The molecule has 1 aromatic rings. The number of nitriles is 1. The van der Waals surface area contributed by atoms with Gasteiger partial charge in [-0.1, -0.05) is 25.6 Å². The van der Waals surface area contributed by atoms with Crippen molar-refractivity contribution in [2.75, 3.05) is 5.75 Å². The number of aromatic carboxylic acids is 1. The van der Waals surface area contributed by atoms with E-state index in [9.17, 15) is 9.59 Å². The number of carboxylic acid groups (broad SMARTS) is 1. The van der Waals surface area contributed by atoms with Crippen LogP contribution in [0.1, 0.15) is 31.3 Å². The summed E-state index contributed by atoms with van der Waals surface area (Å²) in [5.41, 5.74) is -0.924. The third kappa shape index (κ3) is 4.03. The molecule has 1 unspecified atom stereocenters. The van der Waals surface area contributed by atoms with Gasteiger partial charge in [-0.15, -0.1) is 0 Å². The first-order valence-electron chi connectivity index (χ1n) is 5.96. The van der Waals surface area contributed by atoms with Crippen LogP contribution >= 0.6 is 11.8 Å². The fourth-order valence-corrected chi connectivity index (χ4v) is 1.93. The first-order valence-corrected chi connectivity index (χ1v) is 6.95. The summed E-state index contributed by atoms with van der Waals surface area (Å²) in [6, 6.07) is 4.91. The Morgan fingerprint density at radius 2 is 2.20 bits per heavy atom. The van der Waals surface area contributed by atoms with Crippen molar-refractivity contribution in [2.24, 2.45) is 5.92 Å². The van der Waals surface area contributed by atoms with Gasteiger partial charge in [0.1, 0.15) is 5.54 Å². The molecule has 20 heavy (non-hydrogen) atoms. The van der Waals surface area contributed by atoms with Gasteiger partial charge in [-0.2, -0.15) is 5.26 Å². The molecule has 1 aromatic heterocycles. The lowest BCUT2D eigenvalue weighted by atomic mass is 9.90. The first-order chi connectivity index (χ1) is 9.28. The van der Waals surface area contributed by atoms with Gasteiger partial charge >= 0.3 is 5.97 Å². The molecule has 1 heterocycles. The highest BCUT2D eigenvalue weighted by molar-refractivity contribution is 7.99. The van der Waals surface area contributed by atoms with Gasteiger partial charge < -0.3 is 14.8 Å². The fourth-order valence-electron chi connectivity index (χ4n) is 1.28. The van der Waals surface area contributed by atoms with Crippen molar-refractivity contribution >= 4 is 23.6 Å². The van der Waals surface area contributed by atoms with Crippen LogP contribution in [-0.2, 0) is 4.79 Å². The monoisotopic (exact) mass is 296 g/mol. The third-order valence-electron chi connectivity index (χ3n) is 2.92. The molecule has 1 amide bonds. The number of carbonyl (C=O) groups excluding carboxylic acids is 1. The van der Waals surface area contributed by atoms with Crippen molar-refractivity contribution in [3.8, 4) is 6.07 Å². The number of carboxylic acids is 1. The zero-order valence-electron chi connectivity index (χ0n) is 11.5. The maximum absolute atomic E-state index is 11.8. The molecule has 0 aromatic carbocycles. The van der Waals surface area contributed by atoms with E-state index >= 15 is 0 Å².